The SMILES string of the molecule is O=C(c1cc2ccccc2c(N=Nc2ccc(Nc3ccccc3)cc2)c1O)N(CCO)CCO. The van der Waals surface area contributed by atoms with Crippen molar-refractivity contribution in [2.45, 2.75) is 0 Å². The molecule has 1 amide bonds. The maximum Gasteiger partial charge on any atom is 0.257 e. The van der Waals surface area contributed by atoms with Crippen LogP contribution in [0.1, 0.15) is 10.4 Å². The fourth-order valence-corrected chi connectivity index (χ4v) is 3.72. The van der Waals surface area contributed by atoms with Gasteiger partial charge < -0.3 is 25.5 Å². The van der Waals surface area contributed by atoms with Crippen molar-refractivity contribution in [3.63, 3.8) is 0 Å². The summed E-state index contributed by atoms with van der Waals surface area (Å²) in [5.74, 6) is -0.815. The summed E-state index contributed by atoms with van der Waals surface area (Å²) in [6.07, 6.45) is 0. The van der Waals surface area contributed by atoms with E-state index in [0.717, 1.165) is 11.4 Å². The molecule has 0 saturated carbocycles. The first kappa shape index (κ1) is 23.9. The summed E-state index contributed by atoms with van der Waals surface area (Å²) in [6.45, 7) is -0.457. The van der Waals surface area contributed by atoms with Crippen LogP contribution in [0.2, 0.25) is 0 Å². The molecule has 0 radical (unpaired) electrons. The standard InChI is InChI=1S/C27H26N4O4/c32-16-14-31(15-17-33)27(35)24-18-19-6-4-5-9-23(19)25(26(24)34)30-29-22-12-10-21(11-13-22)28-20-7-2-1-3-8-20/h1-13,18,28,32-34H,14-17H2. The Kier molecular flexibility index (Phi) is 7.67. The summed E-state index contributed by atoms with van der Waals surface area (Å²) in [5.41, 5.74) is 2.64. The van der Waals surface area contributed by atoms with Gasteiger partial charge >= 0.3 is 0 Å². The highest BCUT2D eigenvalue weighted by atomic mass is 16.3. The Bertz CT molecular complexity index is 1320. The van der Waals surface area contributed by atoms with Crippen LogP contribution >= 0.6 is 0 Å². The van der Waals surface area contributed by atoms with E-state index in [4.69, 9.17) is 0 Å². The number of nitrogens with zero attached hydrogens (tertiary/aromatic N) is 3. The van der Waals surface area contributed by atoms with Crippen molar-refractivity contribution in [3.8, 4) is 5.75 Å². The fourth-order valence-electron chi connectivity index (χ4n) is 3.72. The van der Waals surface area contributed by atoms with Crippen LogP contribution < -0.4 is 5.32 Å². The minimum absolute atomic E-state index is 0.0296. The first-order valence-corrected chi connectivity index (χ1v) is 11.2. The zero-order valence-electron chi connectivity index (χ0n) is 19.0. The Hall–Kier alpha value is -4.27. The molecule has 0 heterocycles. The van der Waals surface area contributed by atoms with Gasteiger partial charge in [0.15, 0.2) is 5.75 Å². The molecule has 4 aromatic carbocycles. The summed E-state index contributed by atoms with van der Waals surface area (Å²) < 4.78 is 0. The number of phenolic OH excluding ortho intramolecular Hbond substituents is 1. The monoisotopic (exact) mass is 470 g/mol. The highest BCUT2D eigenvalue weighted by Gasteiger charge is 2.22. The molecule has 0 aliphatic heterocycles. The largest absolute Gasteiger partial charge is 0.505 e. The van der Waals surface area contributed by atoms with Crippen LogP contribution in [0.3, 0.4) is 0 Å². The lowest BCUT2D eigenvalue weighted by Crippen LogP contribution is -2.35. The minimum Gasteiger partial charge on any atom is -0.505 e. The number of amides is 1. The Labute approximate surface area is 202 Å². The van der Waals surface area contributed by atoms with Gasteiger partial charge in [0.2, 0.25) is 0 Å². The highest BCUT2D eigenvalue weighted by molar-refractivity contribution is 6.06. The third-order valence-corrected chi connectivity index (χ3v) is 5.45. The number of benzene rings is 4. The molecule has 8 heteroatoms. The molecule has 4 rings (SSSR count). The molecule has 0 fully saturated rings. The van der Waals surface area contributed by atoms with E-state index in [-0.39, 0.29) is 43.3 Å². The number of anilines is 2. The maximum absolute atomic E-state index is 13.1. The van der Waals surface area contributed by atoms with E-state index in [1.807, 2.05) is 60.7 Å². The minimum atomic E-state index is -0.510. The molecule has 4 aromatic rings. The first-order chi connectivity index (χ1) is 17.1. The van der Waals surface area contributed by atoms with Gasteiger partial charge in [-0.05, 0) is 47.9 Å². The van der Waals surface area contributed by atoms with E-state index in [1.54, 1.807) is 24.3 Å². The predicted molar refractivity (Wildman–Crippen MR) is 136 cm³/mol. The van der Waals surface area contributed by atoms with E-state index in [9.17, 15) is 20.1 Å². The van der Waals surface area contributed by atoms with Gasteiger partial charge in [-0.15, -0.1) is 5.11 Å². The van der Waals surface area contributed by atoms with Crippen molar-refractivity contribution in [1.82, 2.24) is 4.90 Å². The number of hydrogen-bond acceptors (Lipinski definition) is 7. The second-order valence-electron chi connectivity index (χ2n) is 7.82. The predicted octanol–water partition coefficient (Wildman–Crippen LogP) is 5.13. The van der Waals surface area contributed by atoms with Gasteiger partial charge in [-0.3, -0.25) is 4.79 Å². The number of carbonyl (C=O) groups excluding carboxylic acids is 1. The van der Waals surface area contributed by atoms with Gasteiger partial charge in [-0.25, -0.2) is 0 Å². The van der Waals surface area contributed by atoms with Gasteiger partial charge in [-0.2, -0.15) is 5.11 Å². The topological polar surface area (TPSA) is 118 Å². The van der Waals surface area contributed by atoms with Crippen LogP contribution in [0.5, 0.6) is 5.75 Å². The molecular formula is C27H26N4O4. The number of phenols is 1. The normalized spacial score (nSPS) is 11.1. The summed E-state index contributed by atoms with van der Waals surface area (Å²) in [5, 5.41) is 42.8. The number of fused-ring (bicyclic) bond motifs is 1. The average Bonchev–Trinajstić information content (AvgIpc) is 2.89. The van der Waals surface area contributed by atoms with Gasteiger partial charge in [0.05, 0.1) is 24.5 Å². The Morgan fingerprint density at radius 2 is 1.43 bits per heavy atom. The van der Waals surface area contributed by atoms with Crippen LogP contribution in [-0.2, 0) is 0 Å². The zero-order valence-corrected chi connectivity index (χ0v) is 19.0. The highest BCUT2D eigenvalue weighted by Crippen LogP contribution is 2.40. The number of aliphatic hydroxyl groups excluding tert-OH is 2. The molecular weight excluding hydrogens is 444 g/mol. The molecule has 178 valence electrons. The summed E-state index contributed by atoms with van der Waals surface area (Å²) in [7, 11) is 0. The number of aromatic hydroxyl groups is 1. The van der Waals surface area contributed by atoms with E-state index in [0.29, 0.717) is 16.5 Å². The number of carbonyl (C=O) groups is 1. The average molecular weight is 471 g/mol. The van der Waals surface area contributed by atoms with E-state index in [1.165, 1.54) is 4.90 Å². The molecule has 0 unspecified atom stereocenters. The number of nitrogens with one attached hydrogen (secondary N) is 1. The maximum atomic E-state index is 13.1. The summed E-state index contributed by atoms with van der Waals surface area (Å²) >= 11 is 0. The van der Waals surface area contributed by atoms with E-state index >= 15 is 0 Å². The number of rotatable bonds is 9. The number of azo groups is 1. The Balaban J connectivity index is 1.65. The second kappa shape index (κ2) is 11.2. The van der Waals surface area contributed by atoms with Gasteiger partial charge in [-0.1, -0.05) is 42.5 Å². The van der Waals surface area contributed by atoms with E-state index in [2.05, 4.69) is 15.5 Å². The molecule has 0 aromatic heterocycles. The zero-order chi connectivity index (χ0) is 24.6. The molecule has 8 nitrogen and oxygen atoms in total. The lowest BCUT2D eigenvalue weighted by molar-refractivity contribution is 0.0682. The van der Waals surface area contributed by atoms with Crippen molar-refractivity contribution in [2.75, 3.05) is 31.6 Å². The van der Waals surface area contributed by atoms with Crippen LogP contribution in [0.15, 0.2) is 95.2 Å². The molecule has 0 aliphatic rings. The summed E-state index contributed by atoms with van der Waals surface area (Å²) in [6, 6.07) is 26.0. The lowest BCUT2D eigenvalue weighted by Gasteiger charge is -2.21. The van der Waals surface area contributed by atoms with Crippen molar-refractivity contribution < 1.29 is 20.1 Å². The van der Waals surface area contributed by atoms with Crippen molar-refractivity contribution in [3.05, 3.63) is 90.5 Å². The third kappa shape index (κ3) is 5.63. The van der Waals surface area contributed by atoms with Crippen LogP contribution in [0.25, 0.3) is 10.8 Å². The Morgan fingerprint density at radius 1 is 0.800 bits per heavy atom. The molecule has 0 bridgehead atoms. The smallest absolute Gasteiger partial charge is 0.257 e. The Morgan fingerprint density at radius 3 is 2.11 bits per heavy atom. The lowest BCUT2D eigenvalue weighted by atomic mass is 10.0. The van der Waals surface area contributed by atoms with Gasteiger partial charge in [0, 0.05) is 29.9 Å². The number of aliphatic hydroxyl groups is 2. The quantitative estimate of drug-likeness (QED) is 0.253. The van der Waals surface area contributed by atoms with Crippen molar-refractivity contribution in [1.29, 1.82) is 0 Å². The van der Waals surface area contributed by atoms with Crippen LogP contribution in [0, 0.1) is 0 Å². The molecule has 35 heavy (non-hydrogen) atoms. The molecule has 0 spiro atoms. The number of hydrogen-bond donors (Lipinski definition) is 4. The van der Waals surface area contributed by atoms with Gasteiger partial charge in [0.25, 0.3) is 5.91 Å². The van der Waals surface area contributed by atoms with E-state index < -0.39 is 5.91 Å². The van der Waals surface area contributed by atoms with Crippen molar-refractivity contribution in [2.24, 2.45) is 10.2 Å². The number of para-hydroxylation sites is 1. The third-order valence-electron chi connectivity index (χ3n) is 5.45. The molecule has 0 atom stereocenters. The fraction of sp³-hybridized carbons (Fsp3) is 0.148. The van der Waals surface area contributed by atoms with Crippen LogP contribution in [0.4, 0.5) is 22.7 Å². The summed E-state index contributed by atoms with van der Waals surface area (Å²) in [4.78, 5) is 14.3. The van der Waals surface area contributed by atoms with Crippen LogP contribution in [-0.4, -0.2) is 52.4 Å². The molecule has 0 aliphatic carbocycles. The van der Waals surface area contributed by atoms with Crippen molar-refractivity contribution >= 4 is 39.4 Å². The second-order valence-corrected chi connectivity index (χ2v) is 7.82. The van der Waals surface area contributed by atoms with Gasteiger partial charge in [0.1, 0.15) is 5.69 Å². The molecule has 4 N–H and O–H groups in total. The first-order valence-electron chi connectivity index (χ1n) is 11.2. The molecule has 0 saturated heterocycles.